The zero-order chi connectivity index (χ0) is 12.8. The van der Waals surface area contributed by atoms with E-state index in [0.29, 0.717) is 18.6 Å². The zero-order valence-electron chi connectivity index (χ0n) is 11.0. The van der Waals surface area contributed by atoms with Gasteiger partial charge in [0.1, 0.15) is 5.78 Å². The lowest BCUT2D eigenvalue weighted by molar-refractivity contribution is -0.120. The molecule has 98 valence electrons. The summed E-state index contributed by atoms with van der Waals surface area (Å²) in [5, 5.41) is 0. The molecule has 2 nitrogen and oxygen atoms in total. The smallest absolute Gasteiger partial charge is 0.134 e. The first kappa shape index (κ1) is 13.3. The summed E-state index contributed by atoms with van der Waals surface area (Å²) in [6.07, 6.45) is 7.62. The lowest BCUT2D eigenvalue weighted by Gasteiger charge is -2.22. The average molecular weight is 245 g/mol. The SMILES string of the molecule is NC1(CC(=O)CCCc2ccccc2)CCCC1. The van der Waals surface area contributed by atoms with Crippen LogP contribution in [0.1, 0.15) is 50.5 Å². The third-order valence-corrected chi connectivity index (χ3v) is 3.91. The van der Waals surface area contributed by atoms with Crippen molar-refractivity contribution in [3.05, 3.63) is 35.9 Å². The average Bonchev–Trinajstić information content (AvgIpc) is 2.77. The van der Waals surface area contributed by atoms with Crippen molar-refractivity contribution in [2.75, 3.05) is 0 Å². The number of hydrogen-bond acceptors (Lipinski definition) is 2. The molecule has 2 rings (SSSR count). The van der Waals surface area contributed by atoms with E-state index < -0.39 is 0 Å². The van der Waals surface area contributed by atoms with Gasteiger partial charge in [-0.2, -0.15) is 0 Å². The van der Waals surface area contributed by atoms with Gasteiger partial charge in [0.05, 0.1) is 0 Å². The van der Waals surface area contributed by atoms with Crippen molar-refractivity contribution in [2.24, 2.45) is 5.73 Å². The highest BCUT2D eigenvalue weighted by molar-refractivity contribution is 5.79. The largest absolute Gasteiger partial charge is 0.325 e. The highest BCUT2D eigenvalue weighted by Gasteiger charge is 2.31. The van der Waals surface area contributed by atoms with Crippen LogP contribution < -0.4 is 5.73 Å². The Bertz CT molecular complexity index is 379. The van der Waals surface area contributed by atoms with Gasteiger partial charge in [0.2, 0.25) is 0 Å². The number of benzene rings is 1. The van der Waals surface area contributed by atoms with Crippen LogP contribution >= 0.6 is 0 Å². The van der Waals surface area contributed by atoms with E-state index in [1.807, 2.05) is 18.2 Å². The molecule has 0 amide bonds. The quantitative estimate of drug-likeness (QED) is 0.836. The molecule has 0 saturated heterocycles. The van der Waals surface area contributed by atoms with Gasteiger partial charge in [0.25, 0.3) is 0 Å². The maximum absolute atomic E-state index is 11.9. The fraction of sp³-hybridized carbons (Fsp3) is 0.562. The predicted octanol–water partition coefficient (Wildman–Crippen LogP) is 3.24. The number of nitrogens with two attached hydrogens (primary N) is 1. The van der Waals surface area contributed by atoms with Gasteiger partial charge in [0, 0.05) is 18.4 Å². The summed E-state index contributed by atoms with van der Waals surface area (Å²) in [7, 11) is 0. The molecule has 0 unspecified atom stereocenters. The van der Waals surface area contributed by atoms with Gasteiger partial charge in [-0.25, -0.2) is 0 Å². The van der Waals surface area contributed by atoms with Crippen molar-refractivity contribution in [1.82, 2.24) is 0 Å². The minimum atomic E-state index is -0.177. The van der Waals surface area contributed by atoms with E-state index in [-0.39, 0.29) is 5.54 Å². The number of aryl methyl sites for hydroxylation is 1. The molecule has 1 fully saturated rings. The van der Waals surface area contributed by atoms with Crippen LogP contribution in [-0.2, 0) is 11.2 Å². The molecule has 1 aliphatic carbocycles. The number of carbonyl (C=O) groups excluding carboxylic acids is 1. The summed E-state index contributed by atoms with van der Waals surface area (Å²) >= 11 is 0. The maximum atomic E-state index is 11.9. The second-order valence-corrected chi connectivity index (χ2v) is 5.62. The molecule has 18 heavy (non-hydrogen) atoms. The molecule has 1 aromatic carbocycles. The highest BCUT2D eigenvalue weighted by atomic mass is 16.1. The normalized spacial score (nSPS) is 17.8. The second kappa shape index (κ2) is 6.14. The molecule has 0 spiro atoms. The summed E-state index contributed by atoms with van der Waals surface area (Å²) in [6.45, 7) is 0. The van der Waals surface area contributed by atoms with Crippen molar-refractivity contribution in [3.8, 4) is 0 Å². The minimum absolute atomic E-state index is 0.177. The molecule has 0 radical (unpaired) electrons. The Morgan fingerprint density at radius 3 is 2.50 bits per heavy atom. The van der Waals surface area contributed by atoms with Gasteiger partial charge in [-0.15, -0.1) is 0 Å². The van der Waals surface area contributed by atoms with Crippen LogP contribution in [0.3, 0.4) is 0 Å². The molecular weight excluding hydrogens is 222 g/mol. The number of rotatable bonds is 6. The number of carbonyl (C=O) groups is 1. The Morgan fingerprint density at radius 2 is 1.83 bits per heavy atom. The fourth-order valence-corrected chi connectivity index (χ4v) is 2.87. The summed E-state index contributed by atoms with van der Waals surface area (Å²) in [6, 6.07) is 10.3. The minimum Gasteiger partial charge on any atom is -0.325 e. The number of Topliss-reactive ketones (excluding diaryl/α,β-unsaturated/α-hetero) is 1. The molecule has 2 heteroatoms. The van der Waals surface area contributed by atoms with Crippen LogP contribution in [-0.4, -0.2) is 11.3 Å². The lowest BCUT2D eigenvalue weighted by atomic mass is 9.90. The van der Waals surface area contributed by atoms with Gasteiger partial charge in [-0.05, 0) is 31.2 Å². The highest BCUT2D eigenvalue weighted by Crippen LogP contribution is 2.30. The Labute approximate surface area is 110 Å². The molecule has 2 N–H and O–H groups in total. The second-order valence-electron chi connectivity index (χ2n) is 5.62. The first-order valence-electron chi connectivity index (χ1n) is 7.02. The van der Waals surface area contributed by atoms with E-state index in [2.05, 4.69) is 12.1 Å². The molecule has 1 aromatic rings. The first-order chi connectivity index (χ1) is 8.68. The standard InChI is InChI=1S/C16H23NO/c17-16(11-4-5-12-16)13-15(18)10-6-9-14-7-2-1-3-8-14/h1-3,7-8H,4-6,9-13,17H2. The van der Waals surface area contributed by atoms with Gasteiger partial charge in [-0.1, -0.05) is 43.2 Å². The fourth-order valence-electron chi connectivity index (χ4n) is 2.87. The topological polar surface area (TPSA) is 43.1 Å². The third-order valence-electron chi connectivity index (χ3n) is 3.91. The van der Waals surface area contributed by atoms with E-state index in [1.54, 1.807) is 0 Å². The summed E-state index contributed by atoms with van der Waals surface area (Å²) < 4.78 is 0. The van der Waals surface area contributed by atoms with Crippen LogP contribution in [0.4, 0.5) is 0 Å². The maximum Gasteiger partial charge on any atom is 0.134 e. The van der Waals surface area contributed by atoms with E-state index in [0.717, 1.165) is 25.7 Å². The molecular formula is C16H23NO. The monoisotopic (exact) mass is 245 g/mol. The Balaban J connectivity index is 1.69. The summed E-state index contributed by atoms with van der Waals surface area (Å²) in [4.78, 5) is 11.9. The Morgan fingerprint density at radius 1 is 1.17 bits per heavy atom. The van der Waals surface area contributed by atoms with Crippen molar-refractivity contribution in [3.63, 3.8) is 0 Å². The summed E-state index contributed by atoms with van der Waals surface area (Å²) in [5.41, 5.74) is 7.36. The first-order valence-corrected chi connectivity index (χ1v) is 7.02. The van der Waals surface area contributed by atoms with E-state index in [9.17, 15) is 4.79 Å². The van der Waals surface area contributed by atoms with Crippen molar-refractivity contribution in [2.45, 2.75) is 56.9 Å². The van der Waals surface area contributed by atoms with Gasteiger partial charge < -0.3 is 5.73 Å². The van der Waals surface area contributed by atoms with Gasteiger partial charge in [0.15, 0.2) is 0 Å². The summed E-state index contributed by atoms with van der Waals surface area (Å²) in [5.74, 6) is 0.343. The van der Waals surface area contributed by atoms with Crippen molar-refractivity contribution < 1.29 is 4.79 Å². The van der Waals surface area contributed by atoms with E-state index in [1.165, 1.54) is 18.4 Å². The molecule has 0 atom stereocenters. The Hall–Kier alpha value is -1.15. The van der Waals surface area contributed by atoms with Crippen LogP contribution in [0, 0.1) is 0 Å². The molecule has 0 bridgehead atoms. The lowest BCUT2D eigenvalue weighted by Crippen LogP contribution is -2.38. The van der Waals surface area contributed by atoms with E-state index in [4.69, 9.17) is 5.73 Å². The van der Waals surface area contributed by atoms with Gasteiger partial charge >= 0.3 is 0 Å². The molecule has 0 heterocycles. The molecule has 1 saturated carbocycles. The third kappa shape index (κ3) is 3.95. The van der Waals surface area contributed by atoms with Crippen molar-refractivity contribution in [1.29, 1.82) is 0 Å². The van der Waals surface area contributed by atoms with Crippen LogP contribution in [0.25, 0.3) is 0 Å². The molecule has 0 aliphatic heterocycles. The van der Waals surface area contributed by atoms with Crippen LogP contribution in [0.5, 0.6) is 0 Å². The molecule has 0 aromatic heterocycles. The van der Waals surface area contributed by atoms with Crippen LogP contribution in [0.15, 0.2) is 30.3 Å². The Kier molecular flexibility index (Phi) is 4.54. The van der Waals surface area contributed by atoms with Gasteiger partial charge in [-0.3, -0.25) is 4.79 Å². The van der Waals surface area contributed by atoms with Crippen molar-refractivity contribution >= 4 is 5.78 Å². The predicted molar refractivity (Wildman–Crippen MR) is 74.4 cm³/mol. The molecule has 1 aliphatic rings. The zero-order valence-corrected chi connectivity index (χ0v) is 11.0. The number of ketones is 1. The number of hydrogen-bond donors (Lipinski definition) is 1. The van der Waals surface area contributed by atoms with E-state index >= 15 is 0 Å². The van der Waals surface area contributed by atoms with Crippen LogP contribution in [0.2, 0.25) is 0 Å².